The van der Waals surface area contributed by atoms with Gasteiger partial charge in [0.25, 0.3) is 0 Å². The number of imidazole rings is 1. The van der Waals surface area contributed by atoms with Gasteiger partial charge in [0.1, 0.15) is 5.65 Å². The van der Waals surface area contributed by atoms with E-state index in [4.69, 9.17) is 0 Å². The first-order chi connectivity index (χ1) is 9.42. The summed E-state index contributed by atoms with van der Waals surface area (Å²) in [6.45, 7) is 2.01. The predicted octanol–water partition coefficient (Wildman–Crippen LogP) is 3.39. The molecule has 0 atom stereocenters. The van der Waals surface area contributed by atoms with Crippen molar-refractivity contribution in [3.05, 3.63) is 36.3 Å². The molecule has 0 amide bonds. The number of aromatic nitrogens is 2. The molecule has 2 aromatic heterocycles. The summed E-state index contributed by atoms with van der Waals surface area (Å²) in [4.78, 5) is 4.60. The monoisotopic (exact) mass is 257 g/mol. The Labute approximate surface area is 115 Å². The average molecular weight is 257 g/mol. The van der Waals surface area contributed by atoms with Crippen molar-refractivity contribution in [2.75, 3.05) is 6.54 Å². The Morgan fingerprint density at radius 2 is 2.11 bits per heavy atom. The van der Waals surface area contributed by atoms with E-state index in [0.29, 0.717) is 0 Å². The summed E-state index contributed by atoms with van der Waals surface area (Å²) in [6, 6.07) is 6.11. The minimum atomic E-state index is 0.883. The zero-order chi connectivity index (χ0) is 12.9. The summed E-state index contributed by atoms with van der Waals surface area (Å²) in [6.07, 6.45) is 12.7. The second-order valence-electron chi connectivity index (χ2n) is 5.67. The third-order valence-corrected chi connectivity index (χ3v) is 4.17. The van der Waals surface area contributed by atoms with Crippen molar-refractivity contribution in [1.29, 1.82) is 0 Å². The topological polar surface area (TPSA) is 29.3 Å². The van der Waals surface area contributed by atoms with Crippen molar-refractivity contribution in [2.24, 2.45) is 5.92 Å². The van der Waals surface area contributed by atoms with Crippen LogP contribution in [0.5, 0.6) is 0 Å². The lowest BCUT2D eigenvalue weighted by Crippen LogP contribution is -2.19. The average Bonchev–Trinajstić information content (AvgIpc) is 2.87. The van der Waals surface area contributed by atoms with Crippen LogP contribution < -0.4 is 5.32 Å². The van der Waals surface area contributed by atoms with E-state index in [-0.39, 0.29) is 0 Å². The molecule has 1 N–H and O–H groups in total. The molecule has 0 unspecified atom stereocenters. The maximum atomic E-state index is 4.60. The van der Waals surface area contributed by atoms with Gasteiger partial charge in [0.2, 0.25) is 0 Å². The number of hydrogen-bond acceptors (Lipinski definition) is 2. The highest BCUT2D eigenvalue weighted by Crippen LogP contribution is 2.25. The van der Waals surface area contributed by atoms with E-state index in [2.05, 4.69) is 20.9 Å². The number of fused-ring (bicyclic) bond motifs is 1. The lowest BCUT2D eigenvalue weighted by molar-refractivity contribution is 0.333. The van der Waals surface area contributed by atoms with E-state index in [1.807, 2.05) is 24.4 Å². The van der Waals surface area contributed by atoms with Gasteiger partial charge in [-0.05, 0) is 31.0 Å². The molecule has 3 rings (SSSR count). The summed E-state index contributed by atoms with van der Waals surface area (Å²) in [5.41, 5.74) is 2.17. The molecule has 0 bridgehead atoms. The van der Waals surface area contributed by atoms with Gasteiger partial charge >= 0.3 is 0 Å². The Balaban J connectivity index is 1.44. The van der Waals surface area contributed by atoms with Crippen LogP contribution in [0.3, 0.4) is 0 Å². The van der Waals surface area contributed by atoms with Gasteiger partial charge in [-0.3, -0.25) is 0 Å². The van der Waals surface area contributed by atoms with Crippen molar-refractivity contribution >= 4 is 5.65 Å². The molecular formula is C16H23N3. The predicted molar refractivity (Wildman–Crippen MR) is 78.1 cm³/mol. The highest BCUT2D eigenvalue weighted by atomic mass is 15.0. The highest BCUT2D eigenvalue weighted by Gasteiger charge is 2.12. The standard InChI is InChI=1S/C16H23N3/c1-2-6-14(7-3-1)9-10-17-12-15-13-19-11-5-4-8-16(19)18-15/h4-5,8,11,13-14,17H,1-3,6-7,9-10,12H2. The largest absolute Gasteiger partial charge is 0.311 e. The molecule has 1 aliphatic rings. The van der Waals surface area contributed by atoms with Gasteiger partial charge in [-0.2, -0.15) is 0 Å². The third kappa shape index (κ3) is 3.35. The molecule has 2 aromatic rings. The van der Waals surface area contributed by atoms with E-state index in [9.17, 15) is 0 Å². The smallest absolute Gasteiger partial charge is 0.137 e. The van der Waals surface area contributed by atoms with Gasteiger partial charge in [0.05, 0.1) is 5.69 Å². The minimum absolute atomic E-state index is 0.883. The third-order valence-electron chi connectivity index (χ3n) is 4.17. The Morgan fingerprint density at radius 1 is 1.21 bits per heavy atom. The Bertz CT molecular complexity index is 478. The van der Waals surface area contributed by atoms with E-state index < -0.39 is 0 Å². The van der Waals surface area contributed by atoms with E-state index in [1.54, 1.807) is 0 Å². The van der Waals surface area contributed by atoms with Gasteiger partial charge in [-0.25, -0.2) is 4.98 Å². The fraction of sp³-hybridized carbons (Fsp3) is 0.562. The highest BCUT2D eigenvalue weighted by molar-refractivity contribution is 5.39. The van der Waals surface area contributed by atoms with Gasteiger partial charge in [-0.1, -0.05) is 38.2 Å². The molecule has 0 radical (unpaired) electrons. The Morgan fingerprint density at radius 3 is 2.95 bits per heavy atom. The quantitative estimate of drug-likeness (QED) is 0.832. The van der Waals surface area contributed by atoms with Crippen LogP contribution in [0.4, 0.5) is 0 Å². The van der Waals surface area contributed by atoms with Crippen LogP contribution >= 0.6 is 0 Å². The molecule has 1 aliphatic carbocycles. The zero-order valence-corrected chi connectivity index (χ0v) is 11.5. The zero-order valence-electron chi connectivity index (χ0n) is 11.5. The molecule has 1 saturated carbocycles. The number of rotatable bonds is 5. The van der Waals surface area contributed by atoms with Crippen molar-refractivity contribution in [2.45, 2.75) is 45.1 Å². The van der Waals surface area contributed by atoms with Gasteiger partial charge in [-0.15, -0.1) is 0 Å². The molecule has 102 valence electrons. The summed E-state index contributed by atoms with van der Waals surface area (Å²) in [5, 5.41) is 3.53. The number of pyridine rings is 1. The van der Waals surface area contributed by atoms with Crippen molar-refractivity contribution in [3.63, 3.8) is 0 Å². The van der Waals surface area contributed by atoms with E-state index in [0.717, 1.165) is 30.3 Å². The van der Waals surface area contributed by atoms with Crippen molar-refractivity contribution < 1.29 is 0 Å². The molecule has 0 spiro atoms. The summed E-state index contributed by atoms with van der Waals surface area (Å²) < 4.78 is 2.08. The van der Waals surface area contributed by atoms with Gasteiger partial charge < -0.3 is 9.72 Å². The van der Waals surface area contributed by atoms with E-state index in [1.165, 1.54) is 38.5 Å². The van der Waals surface area contributed by atoms with Crippen LogP contribution in [-0.4, -0.2) is 15.9 Å². The normalized spacial score (nSPS) is 17.1. The molecule has 0 aliphatic heterocycles. The lowest BCUT2D eigenvalue weighted by Gasteiger charge is -2.21. The molecule has 0 aromatic carbocycles. The summed E-state index contributed by atoms with van der Waals surface area (Å²) in [5.74, 6) is 0.960. The van der Waals surface area contributed by atoms with Gasteiger partial charge in [0, 0.05) is 18.9 Å². The van der Waals surface area contributed by atoms with Crippen LogP contribution in [0, 0.1) is 5.92 Å². The fourth-order valence-corrected chi connectivity index (χ4v) is 3.07. The molecule has 1 fully saturated rings. The second kappa shape index (κ2) is 6.20. The molecule has 3 nitrogen and oxygen atoms in total. The number of nitrogens with zero attached hydrogens (tertiary/aromatic N) is 2. The van der Waals surface area contributed by atoms with Crippen LogP contribution in [0.15, 0.2) is 30.6 Å². The first kappa shape index (κ1) is 12.7. The van der Waals surface area contributed by atoms with Crippen LogP contribution in [0.25, 0.3) is 5.65 Å². The van der Waals surface area contributed by atoms with Crippen molar-refractivity contribution in [1.82, 2.24) is 14.7 Å². The molecule has 19 heavy (non-hydrogen) atoms. The molecular weight excluding hydrogens is 234 g/mol. The summed E-state index contributed by atoms with van der Waals surface area (Å²) in [7, 11) is 0. The maximum Gasteiger partial charge on any atom is 0.137 e. The number of hydrogen-bond donors (Lipinski definition) is 1. The Hall–Kier alpha value is -1.35. The lowest BCUT2D eigenvalue weighted by atomic mass is 9.87. The maximum absolute atomic E-state index is 4.60. The Kier molecular flexibility index (Phi) is 4.13. The molecule has 2 heterocycles. The van der Waals surface area contributed by atoms with E-state index >= 15 is 0 Å². The first-order valence-corrected chi connectivity index (χ1v) is 7.55. The van der Waals surface area contributed by atoms with Crippen LogP contribution in [0.2, 0.25) is 0 Å². The van der Waals surface area contributed by atoms with Crippen molar-refractivity contribution in [3.8, 4) is 0 Å². The molecule has 0 saturated heterocycles. The first-order valence-electron chi connectivity index (χ1n) is 7.55. The molecule has 3 heteroatoms. The second-order valence-corrected chi connectivity index (χ2v) is 5.67. The minimum Gasteiger partial charge on any atom is -0.311 e. The fourth-order valence-electron chi connectivity index (χ4n) is 3.07. The van der Waals surface area contributed by atoms with Gasteiger partial charge in [0.15, 0.2) is 0 Å². The van der Waals surface area contributed by atoms with Crippen LogP contribution in [0.1, 0.15) is 44.2 Å². The number of nitrogens with one attached hydrogen (secondary N) is 1. The summed E-state index contributed by atoms with van der Waals surface area (Å²) >= 11 is 0. The SMILES string of the molecule is c1ccn2cc(CNCCC3CCCCC3)nc2c1. The van der Waals surface area contributed by atoms with Crippen LogP contribution in [-0.2, 0) is 6.54 Å².